The van der Waals surface area contributed by atoms with Crippen molar-refractivity contribution in [1.82, 2.24) is 4.90 Å². The molecule has 0 aromatic rings. The summed E-state index contributed by atoms with van der Waals surface area (Å²) in [5.41, 5.74) is 0.488. The molecule has 2 aliphatic carbocycles. The van der Waals surface area contributed by atoms with Gasteiger partial charge in [0.1, 0.15) is 0 Å². The maximum Gasteiger partial charge on any atom is 0.220 e. The molecule has 0 aromatic heterocycles. The van der Waals surface area contributed by atoms with Gasteiger partial charge >= 0.3 is 0 Å². The third-order valence-corrected chi connectivity index (χ3v) is 4.90. The number of fused-ring (bicyclic) bond motifs is 3. The lowest BCUT2D eigenvalue weighted by Gasteiger charge is -2.36. The maximum atomic E-state index is 11.6. The third kappa shape index (κ3) is 0.963. The molecular weight excluding hydrogens is 190 g/mol. The van der Waals surface area contributed by atoms with E-state index in [1.54, 1.807) is 18.7 Å². The van der Waals surface area contributed by atoms with Gasteiger partial charge in [0.15, 0.2) is 5.78 Å². The van der Waals surface area contributed by atoms with Crippen LogP contribution in [0.1, 0.15) is 33.1 Å². The average molecular weight is 207 g/mol. The predicted octanol–water partition coefficient (Wildman–Crippen LogP) is 1.22. The van der Waals surface area contributed by atoms with Crippen LogP contribution >= 0.6 is 0 Å². The van der Waals surface area contributed by atoms with Crippen LogP contribution in [0.3, 0.4) is 0 Å². The van der Waals surface area contributed by atoms with Crippen molar-refractivity contribution in [3.8, 4) is 0 Å². The van der Waals surface area contributed by atoms with E-state index in [0.717, 1.165) is 6.54 Å². The van der Waals surface area contributed by atoms with Crippen molar-refractivity contribution in [2.75, 3.05) is 6.54 Å². The molecule has 1 aliphatic heterocycles. The summed E-state index contributed by atoms with van der Waals surface area (Å²) in [5, 5.41) is 0. The van der Waals surface area contributed by atoms with Gasteiger partial charge < -0.3 is 4.90 Å². The van der Waals surface area contributed by atoms with Gasteiger partial charge in [0.05, 0.1) is 6.04 Å². The van der Waals surface area contributed by atoms with Crippen LogP contribution in [0, 0.1) is 17.3 Å². The van der Waals surface area contributed by atoms with Gasteiger partial charge in [-0.1, -0.05) is 6.42 Å². The average Bonchev–Trinajstić information content (AvgIpc) is 2.56. The van der Waals surface area contributed by atoms with E-state index >= 15 is 0 Å². The first-order valence-corrected chi connectivity index (χ1v) is 5.85. The van der Waals surface area contributed by atoms with Gasteiger partial charge in [-0.15, -0.1) is 0 Å². The van der Waals surface area contributed by atoms with E-state index in [1.807, 2.05) is 0 Å². The number of likely N-dealkylation sites (tertiary alicyclic amines) is 1. The molecule has 2 saturated carbocycles. The zero-order valence-corrected chi connectivity index (χ0v) is 9.32. The molecule has 0 N–H and O–H groups in total. The van der Waals surface area contributed by atoms with Crippen molar-refractivity contribution in [2.45, 2.75) is 39.2 Å². The highest BCUT2D eigenvalue weighted by atomic mass is 16.2. The highest BCUT2D eigenvalue weighted by molar-refractivity contribution is 5.88. The minimum Gasteiger partial charge on any atom is -0.332 e. The monoisotopic (exact) mass is 207 g/mol. The summed E-state index contributed by atoms with van der Waals surface area (Å²) >= 11 is 0. The number of piperidine rings is 1. The SMILES string of the molecule is CC(=O)[C@@H]1[C@@H]2[C@H](CN1C(C)=O)C21CCC1. The topological polar surface area (TPSA) is 37.4 Å². The molecule has 3 heteroatoms. The van der Waals surface area contributed by atoms with Crippen molar-refractivity contribution in [1.29, 1.82) is 0 Å². The second-order valence-electron chi connectivity index (χ2n) is 5.45. The van der Waals surface area contributed by atoms with E-state index in [2.05, 4.69) is 0 Å². The van der Waals surface area contributed by atoms with Crippen molar-refractivity contribution in [2.24, 2.45) is 17.3 Å². The van der Waals surface area contributed by atoms with Crippen LogP contribution in [0.4, 0.5) is 0 Å². The smallest absolute Gasteiger partial charge is 0.220 e. The summed E-state index contributed by atoms with van der Waals surface area (Å²) in [6.45, 7) is 4.05. The van der Waals surface area contributed by atoms with Gasteiger partial charge in [-0.25, -0.2) is 0 Å². The fourth-order valence-corrected chi connectivity index (χ4v) is 4.05. The summed E-state index contributed by atoms with van der Waals surface area (Å²) in [7, 11) is 0. The lowest BCUT2D eigenvalue weighted by atomic mass is 9.76. The van der Waals surface area contributed by atoms with Crippen LogP contribution in [-0.4, -0.2) is 29.2 Å². The standard InChI is InChI=1S/C12H17NO2/c1-7(14)11-10-9(6-13(11)8(2)15)12(10)4-3-5-12/h9-11H,3-6H2,1-2H3/t9-,10-,11+/m0/s1. The molecule has 3 atom stereocenters. The number of nitrogens with zero attached hydrogens (tertiary/aromatic N) is 1. The van der Waals surface area contributed by atoms with E-state index in [4.69, 9.17) is 0 Å². The molecule has 1 saturated heterocycles. The van der Waals surface area contributed by atoms with Crippen LogP contribution in [0.25, 0.3) is 0 Å². The van der Waals surface area contributed by atoms with Gasteiger partial charge in [0, 0.05) is 13.5 Å². The second-order valence-corrected chi connectivity index (χ2v) is 5.45. The molecule has 0 aromatic carbocycles. The zero-order chi connectivity index (χ0) is 10.8. The number of amides is 1. The lowest BCUT2D eigenvalue weighted by molar-refractivity contribution is -0.137. The molecule has 15 heavy (non-hydrogen) atoms. The molecule has 3 aliphatic rings. The number of hydrogen-bond donors (Lipinski definition) is 0. The van der Waals surface area contributed by atoms with Crippen LogP contribution in [0.5, 0.6) is 0 Å². The molecule has 1 amide bonds. The molecular formula is C12H17NO2. The molecule has 1 spiro atoms. The predicted molar refractivity (Wildman–Crippen MR) is 55.1 cm³/mol. The fraction of sp³-hybridized carbons (Fsp3) is 0.833. The van der Waals surface area contributed by atoms with Gasteiger partial charge in [-0.2, -0.15) is 0 Å². The minimum atomic E-state index is -0.0900. The summed E-state index contributed by atoms with van der Waals surface area (Å²) in [5.74, 6) is 1.40. The summed E-state index contributed by atoms with van der Waals surface area (Å²) < 4.78 is 0. The highest BCUT2D eigenvalue weighted by Crippen LogP contribution is 2.74. The first-order valence-electron chi connectivity index (χ1n) is 5.85. The fourth-order valence-electron chi connectivity index (χ4n) is 4.05. The summed E-state index contributed by atoms with van der Waals surface area (Å²) in [4.78, 5) is 24.8. The Labute approximate surface area is 89.8 Å². The first-order chi connectivity index (χ1) is 7.08. The number of Topliss-reactive ketones (excluding diaryl/α,β-unsaturated/α-hetero) is 1. The minimum absolute atomic E-state index is 0.0665. The maximum absolute atomic E-state index is 11.6. The third-order valence-electron chi connectivity index (χ3n) is 4.90. The largest absolute Gasteiger partial charge is 0.332 e. The summed E-state index contributed by atoms with van der Waals surface area (Å²) in [6, 6.07) is -0.0900. The number of rotatable bonds is 1. The Hall–Kier alpha value is -0.860. The molecule has 0 bridgehead atoms. The second kappa shape index (κ2) is 2.63. The van der Waals surface area contributed by atoms with Crippen molar-refractivity contribution < 1.29 is 9.59 Å². The lowest BCUT2D eigenvalue weighted by Crippen LogP contribution is -2.45. The number of ketones is 1. The Bertz CT molecular complexity index is 346. The van der Waals surface area contributed by atoms with E-state index in [9.17, 15) is 9.59 Å². The van der Waals surface area contributed by atoms with Crippen LogP contribution in [0.2, 0.25) is 0 Å². The first kappa shape index (κ1) is 9.37. The van der Waals surface area contributed by atoms with E-state index < -0.39 is 0 Å². The molecule has 0 radical (unpaired) electrons. The van der Waals surface area contributed by atoms with Gasteiger partial charge in [0.2, 0.25) is 5.91 Å². The molecule has 3 nitrogen and oxygen atoms in total. The van der Waals surface area contributed by atoms with Crippen LogP contribution < -0.4 is 0 Å². The Morgan fingerprint density at radius 1 is 1.27 bits per heavy atom. The van der Waals surface area contributed by atoms with Crippen LogP contribution in [0.15, 0.2) is 0 Å². The van der Waals surface area contributed by atoms with Gasteiger partial charge in [-0.05, 0) is 37.0 Å². The molecule has 1 heterocycles. The van der Waals surface area contributed by atoms with Gasteiger partial charge in [0.25, 0.3) is 0 Å². The molecule has 3 fully saturated rings. The van der Waals surface area contributed by atoms with Gasteiger partial charge in [-0.3, -0.25) is 9.59 Å². The summed E-state index contributed by atoms with van der Waals surface area (Å²) in [6.07, 6.45) is 3.90. The normalized spacial score (nSPS) is 39.9. The molecule has 3 rings (SSSR count). The molecule has 82 valence electrons. The number of hydrogen-bond acceptors (Lipinski definition) is 2. The molecule has 0 unspecified atom stereocenters. The van der Waals surface area contributed by atoms with E-state index in [0.29, 0.717) is 17.3 Å². The Morgan fingerprint density at radius 2 is 1.93 bits per heavy atom. The van der Waals surface area contributed by atoms with E-state index in [1.165, 1.54) is 19.3 Å². The Kier molecular flexibility index (Phi) is 1.64. The van der Waals surface area contributed by atoms with Crippen LogP contribution in [-0.2, 0) is 9.59 Å². The quantitative estimate of drug-likeness (QED) is 0.648. The van der Waals surface area contributed by atoms with Crippen molar-refractivity contribution in [3.63, 3.8) is 0 Å². The zero-order valence-electron chi connectivity index (χ0n) is 9.32. The highest BCUT2D eigenvalue weighted by Gasteiger charge is 2.74. The van der Waals surface area contributed by atoms with E-state index in [-0.39, 0.29) is 17.7 Å². The Morgan fingerprint density at radius 3 is 2.33 bits per heavy atom. The number of carbonyl (C=O) groups excluding carboxylic acids is 2. The van der Waals surface area contributed by atoms with Crippen molar-refractivity contribution >= 4 is 11.7 Å². The van der Waals surface area contributed by atoms with Crippen molar-refractivity contribution in [3.05, 3.63) is 0 Å². The number of carbonyl (C=O) groups is 2. The Balaban J connectivity index is 1.85.